The monoisotopic (exact) mass is 211 g/mol. The average molecular weight is 211 g/mol. The van der Waals surface area contributed by atoms with Gasteiger partial charge in [-0.15, -0.1) is 0 Å². The molecule has 0 aromatic carbocycles. The minimum absolute atomic E-state index is 0.461. The van der Waals surface area contributed by atoms with Crippen LogP contribution in [0.4, 0.5) is 0 Å². The maximum Gasteiger partial charge on any atom is 0.0615 e. The highest BCUT2D eigenvalue weighted by Gasteiger charge is 2.04. The van der Waals surface area contributed by atoms with Crippen molar-refractivity contribution in [1.29, 1.82) is 0 Å². The van der Waals surface area contributed by atoms with Crippen LogP contribution in [0.15, 0.2) is 12.3 Å². The van der Waals surface area contributed by atoms with Crippen LogP contribution in [0.25, 0.3) is 0 Å². The normalized spacial score (nSPS) is 13.0. The molecular formula is C11H21N3O. The van der Waals surface area contributed by atoms with Crippen molar-refractivity contribution in [3.05, 3.63) is 18.0 Å². The van der Waals surface area contributed by atoms with Gasteiger partial charge in [-0.05, 0) is 12.5 Å². The zero-order chi connectivity index (χ0) is 11.1. The molecule has 0 radical (unpaired) electrons. The largest absolute Gasteiger partial charge is 0.383 e. The predicted octanol–water partition coefficient (Wildman–Crippen LogP) is 0.977. The first-order valence-corrected chi connectivity index (χ1v) is 5.47. The highest BCUT2D eigenvalue weighted by Crippen LogP contribution is 1.97. The zero-order valence-electron chi connectivity index (χ0n) is 9.86. The van der Waals surface area contributed by atoms with Gasteiger partial charge >= 0.3 is 0 Å². The number of rotatable bonds is 7. The molecule has 15 heavy (non-hydrogen) atoms. The lowest BCUT2D eigenvalue weighted by molar-refractivity contribution is 0.164. The van der Waals surface area contributed by atoms with E-state index in [0.29, 0.717) is 6.04 Å². The van der Waals surface area contributed by atoms with Gasteiger partial charge in [-0.25, -0.2) is 0 Å². The highest BCUT2D eigenvalue weighted by molar-refractivity contribution is 5.00. The van der Waals surface area contributed by atoms with E-state index < -0.39 is 0 Å². The maximum atomic E-state index is 5.13. The third-order valence-electron chi connectivity index (χ3n) is 2.60. The first kappa shape index (κ1) is 12.2. The predicted molar refractivity (Wildman–Crippen MR) is 60.9 cm³/mol. The Bertz CT molecular complexity index is 273. The van der Waals surface area contributed by atoms with Gasteiger partial charge in [0.2, 0.25) is 0 Å². The fraction of sp³-hybridized carbons (Fsp3) is 0.727. The van der Waals surface area contributed by atoms with Crippen LogP contribution in [-0.2, 0) is 18.2 Å². The van der Waals surface area contributed by atoms with E-state index in [1.807, 2.05) is 17.9 Å². The van der Waals surface area contributed by atoms with Gasteiger partial charge in [-0.1, -0.05) is 6.92 Å². The van der Waals surface area contributed by atoms with Crippen LogP contribution in [0.5, 0.6) is 0 Å². The molecule has 0 spiro atoms. The number of nitrogens with one attached hydrogen (secondary N) is 1. The summed E-state index contributed by atoms with van der Waals surface area (Å²) in [7, 11) is 3.72. The summed E-state index contributed by atoms with van der Waals surface area (Å²) < 4.78 is 7.04. The van der Waals surface area contributed by atoms with E-state index in [1.54, 1.807) is 7.11 Å². The molecule has 4 heteroatoms. The number of hydrogen-bond acceptors (Lipinski definition) is 3. The summed E-state index contributed by atoms with van der Waals surface area (Å²) in [5.41, 5.74) is 1.26. The van der Waals surface area contributed by atoms with E-state index in [9.17, 15) is 0 Å². The Labute approximate surface area is 91.6 Å². The second-order valence-corrected chi connectivity index (χ2v) is 3.71. The molecule has 1 unspecified atom stereocenters. The van der Waals surface area contributed by atoms with Crippen molar-refractivity contribution in [2.75, 3.05) is 20.3 Å². The maximum absolute atomic E-state index is 5.13. The Kier molecular flexibility index (Phi) is 5.36. The highest BCUT2D eigenvalue weighted by atomic mass is 16.5. The summed E-state index contributed by atoms with van der Waals surface area (Å²) in [5, 5.41) is 7.60. The van der Waals surface area contributed by atoms with Gasteiger partial charge in [0.15, 0.2) is 0 Å². The van der Waals surface area contributed by atoms with Gasteiger partial charge in [0.1, 0.15) is 0 Å². The van der Waals surface area contributed by atoms with Crippen LogP contribution in [0.1, 0.15) is 19.0 Å². The van der Waals surface area contributed by atoms with Gasteiger partial charge in [0, 0.05) is 45.1 Å². The van der Waals surface area contributed by atoms with E-state index in [2.05, 4.69) is 23.4 Å². The van der Waals surface area contributed by atoms with Crippen molar-refractivity contribution >= 4 is 0 Å². The molecular weight excluding hydrogens is 190 g/mol. The summed E-state index contributed by atoms with van der Waals surface area (Å²) in [4.78, 5) is 0. The summed E-state index contributed by atoms with van der Waals surface area (Å²) in [6.45, 7) is 3.92. The van der Waals surface area contributed by atoms with E-state index in [4.69, 9.17) is 4.74 Å². The lowest BCUT2D eigenvalue weighted by Gasteiger charge is -2.15. The fourth-order valence-electron chi connectivity index (χ4n) is 1.57. The molecule has 1 atom stereocenters. The molecule has 86 valence electrons. The molecule has 0 aliphatic carbocycles. The molecule has 1 rings (SSSR count). The molecule has 1 heterocycles. The Morgan fingerprint density at radius 3 is 2.93 bits per heavy atom. The Hall–Kier alpha value is -0.870. The van der Waals surface area contributed by atoms with Crippen molar-refractivity contribution in [2.24, 2.45) is 7.05 Å². The van der Waals surface area contributed by atoms with Crippen LogP contribution >= 0.6 is 0 Å². The number of nitrogens with zero attached hydrogens (tertiary/aromatic N) is 2. The average Bonchev–Trinajstić information content (AvgIpc) is 2.63. The molecule has 0 saturated heterocycles. The smallest absolute Gasteiger partial charge is 0.0615 e. The van der Waals surface area contributed by atoms with Gasteiger partial charge in [-0.3, -0.25) is 4.68 Å². The summed E-state index contributed by atoms with van der Waals surface area (Å²) in [6, 6.07) is 2.52. The number of methoxy groups -OCH3 is 1. The van der Waals surface area contributed by atoms with E-state index >= 15 is 0 Å². The van der Waals surface area contributed by atoms with Gasteiger partial charge in [0.05, 0.1) is 6.61 Å². The van der Waals surface area contributed by atoms with Crippen LogP contribution in [0.3, 0.4) is 0 Å². The summed E-state index contributed by atoms with van der Waals surface area (Å²) in [6.07, 6.45) is 3.94. The summed E-state index contributed by atoms with van der Waals surface area (Å²) in [5.74, 6) is 0. The van der Waals surface area contributed by atoms with Crippen molar-refractivity contribution in [3.8, 4) is 0 Å². The van der Waals surface area contributed by atoms with Crippen LogP contribution in [-0.4, -0.2) is 36.1 Å². The van der Waals surface area contributed by atoms with Crippen molar-refractivity contribution in [3.63, 3.8) is 0 Å². The molecule has 1 N–H and O–H groups in total. The Morgan fingerprint density at radius 1 is 1.60 bits per heavy atom. The van der Waals surface area contributed by atoms with E-state index in [1.165, 1.54) is 5.69 Å². The van der Waals surface area contributed by atoms with E-state index in [-0.39, 0.29) is 0 Å². The van der Waals surface area contributed by atoms with Gasteiger partial charge in [-0.2, -0.15) is 5.10 Å². The molecule has 0 fully saturated rings. The van der Waals surface area contributed by atoms with Gasteiger partial charge in [0.25, 0.3) is 0 Å². The van der Waals surface area contributed by atoms with Crippen molar-refractivity contribution in [1.82, 2.24) is 15.1 Å². The number of aryl methyl sites for hydroxylation is 1. The summed E-state index contributed by atoms with van der Waals surface area (Å²) >= 11 is 0. The number of hydrogen-bond donors (Lipinski definition) is 1. The number of ether oxygens (including phenoxy) is 1. The Morgan fingerprint density at radius 2 is 2.40 bits per heavy atom. The Balaban J connectivity index is 2.23. The zero-order valence-corrected chi connectivity index (χ0v) is 9.86. The second-order valence-electron chi connectivity index (χ2n) is 3.71. The SMILES string of the molecule is CCC(COC)NCCc1ccnn1C. The van der Waals surface area contributed by atoms with Crippen LogP contribution < -0.4 is 5.32 Å². The van der Waals surface area contributed by atoms with Crippen molar-refractivity contribution in [2.45, 2.75) is 25.8 Å². The molecule has 4 nitrogen and oxygen atoms in total. The van der Waals surface area contributed by atoms with Crippen LogP contribution in [0.2, 0.25) is 0 Å². The molecule has 0 aliphatic heterocycles. The lowest BCUT2D eigenvalue weighted by Crippen LogP contribution is -2.34. The minimum atomic E-state index is 0.461. The quantitative estimate of drug-likeness (QED) is 0.730. The standard InChI is InChI=1S/C11H21N3O/c1-4-10(9-15-3)12-7-5-11-6-8-13-14(11)2/h6,8,10,12H,4-5,7,9H2,1-3H3. The third kappa shape index (κ3) is 4.01. The van der Waals surface area contributed by atoms with Crippen molar-refractivity contribution < 1.29 is 4.74 Å². The first-order valence-electron chi connectivity index (χ1n) is 5.47. The number of aromatic nitrogens is 2. The molecule has 0 amide bonds. The lowest BCUT2D eigenvalue weighted by atomic mass is 10.2. The molecule has 0 bridgehead atoms. The molecule has 1 aromatic heterocycles. The fourth-order valence-corrected chi connectivity index (χ4v) is 1.57. The topological polar surface area (TPSA) is 39.1 Å². The third-order valence-corrected chi connectivity index (χ3v) is 2.60. The first-order chi connectivity index (χ1) is 7.27. The molecule has 1 aromatic rings. The molecule has 0 aliphatic rings. The van der Waals surface area contributed by atoms with Gasteiger partial charge < -0.3 is 10.1 Å². The van der Waals surface area contributed by atoms with Crippen LogP contribution in [0, 0.1) is 0 Å². The minimum Gasteiger partial charge on any atom is -0.383 e. The molecule has 0 saturated carbocycles. The van der Waals surface area contributed by atoms with E-state index in [0.717, 1.165) is 26.0 Å². The second kappa shape index (κ2) is 6.58.